The van der Waals surface area contributed by atoms with Gasteiger partial charge in [-0.2, -0.15) is 23.5 Å². The Labute approximate surface area is 169 Å². The van der Waals surface area contributed by atoms with E-state index in [1.165, 1.54) is 12.1 Å². The Morgan fingerprint density at radius 2 is 1.90 bits per heavy atom. The molecule has 0 radical (unpaired) electrons. The third kappa shape index (κ3) is 3.09. The zero-order chi connectivity index (χ0) is 19.3. The van der Waals surface area contributed by atoms with Gasteiger partial charge < -0.3 is 0 Å². The number of hydrogen-bond donors (Lipinski definition) is 0. The van der Waals surface area contributed by atoms with Crippen LogP contribution in [0.25, 0.3) is 27.8 Å². The summed E-state index contributed by atoms with van der Waals surface area (Å²) in [6.45, 7) is 0. The highest BCUT2D eigenvalue weighted by Crippen LogP contribution is 2.35. The highest BCUT2D eigenvalue weighted by atomic mass is 35.5. The molecule has 0 amide bonds. The topological polar surface area (TPSA) is 73.8 Å². The van der Waals surface area contributed by atoms with E-state index in [9.17, 15) is 0 Å². The predicted molar refractivity (Wildman–Crippen MR) is 105 cm³/mol. The molecule has 146 valence electrons. The number of rotatable bonds is 3. The van der Waals surface area contributed by atoms with E-state index in [-0.39, 0.29) is 23.6 Å². The summed E-state index contributed by atoms with van der Waals surface area (Å²) < 4.78 is 33.3. The van der Waals surface area contributed by atoms with Crippen LogP contribution in [0.4, 0.5) is 8.78 Å². The fourth-order valence-corrected chi connectivity index (χ4v) is 3.09. The van der Waals surface area contributed by atoms with Crippen molar-refractivity contribution in [2.45, 2.75) is 5.92 Å². The molecule has 0 aliphatic rings. The van der Waals surface area contributed by atoms with Gasteiger partial charge in [0.2, 0.25) is 5.82 Å². The van der Waals surface area contributed by atoms with E-state index >= 15 is 8.78 Å². The lowest BCUT2D eigenvalue weighted by molar-refractivity contribution is 0.0307. The summed E-state index contributed by atoms with van der Waals surface area (Å²) >= 11 is 0. The summed E-state index contributed by atoms with van der Waals surface area (Å²) in [6, 6.07) is 11.1. The Morgan fingerprint density at radius 1 is 1.03 bits per heavy atom. The van der Waals surface area contributed by atoms with Crippen molar-refractivity contribution in [2.75, 3.05) is 0 Å². The normalized spacial score (nSPS) is 11.7. The average Bonchev–Trinajstić information content (AvgIpc) is 3.33. The molecule has 4 aromatic heterocycles. The minimum absolute atomic E-state index is 0. The van der Waals surface area contributed by atoms with E-state index < -0.39 is 11.7 Å². The highest BCUT2D eigenvalue weighted by molar-refractivity contribution is 5.85. The lowest BCUT2D eigenvalue weighted by Gasteiger charge is -2.15. The van der Waals surface area contributed by atoms with E-state index in [1.54, 1.807) is 60.7 Å². The van der Waals surface area contributed by atoms with Crippen molar-refractivity contribution >= 4 is 29.0 Å². The Balaban J connectivity index is 0.00000205. The molecule has 0 fully saturated rings. The third-order valence-corrected chi connectivity index (χ3v) is 4.51. The third-order valence-electron chi connectivity index (χ3n) is 4.51. The molecular weight excluding hydrogens is 400 g/mol. The first-order chi connectivity index (χ1) is 13.5. The van der Waals surface area contributed by atoms with Gasteiger partial charge in [0.05, 0.1) is 17.4 Å². The zero-order valence-corrected chi connectivity index (χ0v) is 15.9. The Bertz CT molecular complexity index is 1330. The number of aryl methyl sites for hydroxylation is 1. The monoisotopic (exact) mass is 413 g/mol. The quantitative estimate of drug-likeness (QED) is 0.451. The van der Waals surface area contributed by atoms with Gasteiger partial charge in [-0.3, -0.25) is 9.67 Å². The molecule has 5 aromatic rings. The SMILES string of the molecule is Cl.Cn1cc(-c2ccc3nnc(C(F)(F)c4ccc5ncccc5c4)n3n2)cn1. The van der Waals surface area contributed by atoms with Crippen molar-refractivity contribution in [3.8, 4) is 11.3 Å². The van der Waals surface area contributed by atoms with Gasteiger partial charge in [-0.05, 0) is 30.3 Å². The standard InChI is InChI=1S/C19H13F2N7.ClH/c1-27-11-13(10-23-27)16-6-7-17-24-25-18(28(17)26-16)19(20,21)14-4-5-15-12(9-14)3-2-8-22-15;/h2-11H,1H3;1H. The molecule has 7 nitrogen and oxygen atoms in total. The maximum absolute atomic E-state index is 15.3. The van der Waals surface area contributed by atoms with Crippen LogP contribution in [0.2, 0.25) is 0 Å². The van der Waals surface area contributed by atoms with Crippen molar-refractivity contribution in [3.05, 3.63) is 72.4 Å². The molecular formula is C19H14ClF2N7. The van der Waals surface area contributed by atoms with Gasteiger partial charge in [-0.25, -0.2) is 0 Å². The van der Waals surface area contributed by atoms with Crippen LogP contribution in [0.1, 0.15) is 11.4 Å². The zero-order valence-electron chi connectivity index (χ0n) is 15.1. The summed E-state index contributed by atoms with van der Waals surface area (Å²) in [7, 11) is 1.77. The fourth-order valence-electron chi connectivity index (χ4n) is 3.09. The number of nitrogens with zero attached hydrogens (tertiary/aromatic N) is 7. The number of halogens is 3. The Morgan fingerprint density at radius 3 is 2.69 bits per heavy atom. The minimum Gasteiger partial charge on any atom is -0.275 e. The van der Waals surface area contributed by atoms with Gasteiger partial charge in [0.1, 0.15) is 0 Å². The minimum atomic E-state index is -3.38. The smallest absolute Gasteiger partial charge is 0.275 e. The fraction of sp³-hybridized carbons (Fsp3) is 0.105. The number of fused-ring (bicyclic) bond motifs is 2. The molecule has 1 aromatic carbocycles. The number of hydrogen-bond acceptors (Lipinski definition) is 5. The summed E-state index contributed by atoms with van der Waals surface area (Å²) in [5.41, 5.74) is 1.90. The van der Waals surface area contributed by atoms with Crippen LogP contribution in [0.3, 0.4) is 0 Å². The summed E-state index contributed by atoms with van der Waals surface area (Å²) in [5, 5.41) is 16.6. The molecule has 0 aliphatic heterocycles. The molecule has 0 aliphatic carbocycles. The van der Waals surface area contributed by atoms with Gasteiger partial charge in [-0.15, -0.1) is 22.6 Å². The van der Waals surface area contributed by atoms with Crippen molar-refractivity contribution < 1.29 is 8.78 Å². The van der Waals surface area contributed by atoms with Crippen LogP contribution < -0.4 is 0 Å². The highest BCUT2D eigenvalue weighted by Gasteiger charge is 2.40. The van der Waals surface area contributed by atoms with Crippen molar-refractivity contribution in [1.29, 1.82) is 0 Å². The first-order valence-corrected chi connectivity index (χ1v) is 8.47. The molecule has 4 heterocycles. The molecule has 5 rings (SSSR count). The maximum Gasteiger partial charge on any atom is 0.333 e. The number of benzene rings is 1. The first-order valence-electron chi connectivity index (χ1n) is 8.47. The number of alkyl halides is 2. The van der Waals surface area contributed by atoms with E-state index in [0.717, 1.165) is 4.52 Å². The Hall–Kier alpha value is -3.46. The van der Waals surface area contributed by atoms with E-state index in [1.807, 2.05) is 0 Å². The van der Waals surface area contributed by atoms with Crippen molar-refractivity contribution in [3.63, 3.8) is 0 Å². The molecule has 0 atom stereocenters. The predicted octanol–water partition coefficient (Wildman–Crippen LogP) is 3.63. The second-order valence-corrected chi connectivity index (χ2v) is 6.40. The molecule has 29 heavy (non-hydrogen) atoms. The maximum atomic E-state index is 15.3. The van der Waals surface area contributed by atoms with Crippen LogP contribution in [-0.2, 0) is 13.0 Å². The van der Waals surface area contributed by atoms with Gasteiger partial charge in [-0.1, -0.05) is 12.1 Å². The van der Waals surface area contributed by atoms with E-state index in [4.69, 9.17) is 0 Å². The van der Waals surface area contributed by atoms with Crippen molar-refractivity contribution in [2.24, 2.45) is 7.05 Å². The summed E-state index contributed by atoms with van der Waals surface area (Å²) in [6.07, 6.45) is 5.00. The number of aromatic nitrogens is 7. The summed E-state index contributed by atoms with van der Waals surface area (Å²) in [4.78, 5) is 4.17. The molecule has 0 N–H and O–H groups in total. The van der Waals surface area contributed by atoms with Crippen LogP contribution >= 0.6 is 12.4 Å². The number of pyridine rings is 1. The van der Waals surface area contributed by atoms with Crippen molar-refractivity contribution in [1.82, 2.24) is 34.6 Å². The lowest BCUT2D eigenvalue weighted by atomic mass is 10.0. The van der Waals surface area contributed by atoms with Gasteiger partial charge in [0.15, 0.2) is 5.65 Å². The summed E-state index contributed by atoms with van der Waals surface area (Å²) in [5.74, 6) is -3.93. The van der Waals surface area contributed by atoms with Gasteiger partial charge >= 0.3 is 5.92 Å². The molecule has 0 saturated heterocycles. The molecule has 0 bridgehead atoms. The van der Waals surface area contributed by atoms with Crippen LogP contribution in [0, 0.1) is 0 Å². The van der Waals surface area contributed by atoms with Crippen LogP contribution in [0.15, 0.2) is 61.1 Å². The lowest BCUT2D eigenvalue weighted by Crippen LogP contribution is -2.20. The van der Waals surface area contributed by atoms with E-state index in [0.29, 0.717) is 22.2 Å². The van der Waals surface area contributed by atoms with Gasteiger partial charge in [0.25, 0.3) is 0 Å². The van der Waals surface area contributed by atoms with Crippen LogP contribution in [-0.4, -0.2) is 34.6 Å². The first kappa shape index (κ1) is 18.9. The van der Waals surface area contributed by atoms with Gasteiger partial charge in [0, 0.05) is 36.0 Å². The molecule has 10 heteroatoms. The Kier molecular flexibility index (Phi) is 4.46. The molecule has 0 unspecified atom stereocenters. The average molecular weight is 414 g/mol. The molecule has 0 spiro atoms. The molecule has 0 saturated carbocycles. The second-order valence-electron chi connectivity index (χ2n) is 6.40. The van der Waals surface area contributed by atoms with Crippen LogP contribution in [0.5, 0.6) is 0 Å². The second kappa shape index (κ2) is 6.85. The largest absolute Gasteiger partial charge is 0.333 e. The van der Waals surface area contributed by atoms with E-state index in [2.05, 4.69) is 25.4 Å².